The summed E-state index contributed by atoms with van der Waals surface area (Å²) in [4.78, 5) is 12.4. The minimum absolute atomic E-state index is 0.176. The Morgan fingerprint density at radius 2 is 2.24 bits per heavy atom. The second-order valence-corrected chi connectivity index (χ2v) is 6.11. The van der Waals surface area contributed by atoms with Crippen molar-refractivity contribution in [2.45, 2.75) is 25.3 Å². The predicted octanol–water partition coefficient (Wildman–Crippen LogP) is 2.46. The largest absolute Gasteiger partial charge is 0.326 e. The molecule has 0 saturated heterocycles. The molecule has 0 amide bonds. The van der Waals surface area contributed by atoms with Crippen molar-refractivity contribution in [3.8, 4) is 0 Å². The first kappa shape index (κ1) is 12.7. The summed E-state index contributed by atoms with van der Waals surface area (Å²) in [6, 6.07) is 7.67. The summed E-state index contributed by atoms with van der Waals surface area (Å²) in [5.74, 6) is 0.767. The number of benzene rings is 1. The maximum Gasteiger partial charge on any atom is 0.248 e. The number of carbonyl (C=O) groups is 1. The molecule has 1 N–H and O–H groups in total. The summed E-state index contributed by atoms with van der Waals surface area (Å²) in [5, 5.41) is 15.0. The molecule has 7 heteroatoms. The molecule has 2 aliphatic rings. The second kappa shape index (κ2) is 4.77. The van der Waals surface area contributed by atoms with Crippen LogP contribution in [0.5, 0.6) is 0 Å². The Hall–Kier alpha value is -2.02. The van der Waals surface area contributed by atoms with Crippen molar-refractivity contribution < 1.29 is 4.79 Å². The number of anilines is 1. The molecule has 4 rings (SSSR count). The Bertz CT molecular complexity index is 766. The Kier molecular flexibility index (Phi) is 2.88. The molecule has 1 unspecified atom stereocenters. The molecule has 1 aromatic carbocycles. The number of hydrogen-bond acceptors (Lipinski definition) is 5. The first-order valence-electron chi connectivity index (χ1n) is 6.80. The summed E-state index contributed by atoms with van der Waals surface area (Å²) in [5.41, 5.74) is 2.75. The standard InChI is InChI=1S/C14H12BrN5O/c15-9-4-1-3-8(7-9)13-12-10(5-2-6-11(12)21)16-14-17-18-19-20(13)14/h1,3-4,7,13H,2,5-6H2,(H,16,17,19). The molecule has 0 saturated carbocycles. The third-order valence-corrected chi connectivity index (χ3v) is 4.39. The van der Waals surface area contributed by atoms with Crippen LogP contribution >= 0.6 is 15.9 Å². The highest BCUT2D eigenvalue weighted by Crippen LogP contribution is 2.39. The number of nitrogens with one attached hydrogen (secondary N) is 1. The van der Waals surface area contributed by atoms with Gasteiger partial charge in [-0.15, -0.1) is 0 Å². The van der Waals surface area contributed by atoms with E-state index >= 15 is 0 Å². The zero-order valence-corrected chi connectivity index (χ0v) is 12.7. The molecule has 2 heterocycles. The van der Waals surface area contributed by atoms with E-state index in [4.69, 9.17) is 0 Å². The predicted molar refractivity (Wildman–Crippen MR) is 79.6 cm³/mol. The molecular weight excluding hydrogens is 334 g/mol. The van der Waals surface area contributed by atoms with Gasteiger partial charge in [-0.3, -0.25) is 4.79 Å². The van der Waals surface area contributed by atoms with Crippen molar-refractivity contribution >= 4 is 27.7 Å². The van der Waals surface area contributed by atoms with Gasteiger partial charge in [-0.1, -0.05) is 33.2 Å². The van der Waals surface area contributed by atoms with Crippen molar-refractivity contribution in [1.82, 2.24) is 20.2 Å². The monoisotopic (exact) mass is 345 g/mol. The minimum Gasteiger partial charge on any atom is -0.326 e. The highest BCUT2D eigenvalue weighted by atomic mass is 79.9. The molecular formula is C14H12BrN5O. The van der Waals surface area contributed by atoms with Gasteiger partial charge in [-0.2, -0.15) is 4.68 Å². The van der Waals surface area contributed by atoms with Gasteiger partial charge in [0, 0.05) is 22.2 Å². The smallest absolute Gasteiger partial charge is 0.248 e. The molecule has 106 valence electrons. The third kappa shape index (κ3) is 1.99. The summed E-state index contributed by atoms with van der Waals surface area (Å²) >= 11 is 3.49. The van der Waals surface area contributed by atoms with E-state index in [2.05, 4.69) is 36.8 Å². The Labute approximate surface area is 129 Å². The van der Waals surface area contributed by atoms with Crippen LogP contribution in [0.15, 0.2) is 40.0 Å². The topological polar surface area (TPSA) is 72.7 Å². The molecule has 1 aromatic heterocycles. The van der Waals surface area contributed by atoms with Crippen molar-refractivity contribution in [2.75, 3.05) is 5.32 Å². The van der Waals surface area contributed by atoms with E-state index in [-0.39, 0.29) is 11.8 Å². The number of tetrazole rings is 1. The molecule has 0 bridgehead atoms. The number of fused-ring (bicyclic) bond motifs is 1. The van der Waals surface area contributed by atoms with E-state index in [1.54, 1.807) is 4.68 Å². The Morgan fingerprint density at radius 3 is 3.10 bits per heavy atom. The van der Waals surface area contributed by atoms with Crippen LogP contribution < -0.4 is 5.32 Å². The number of allylic oxidation sites excluding steroid dienone is 2. The number of halogens is 1. The van der Waals surface area contributed by atoms with Crippen LogP contribution in [0.2, 0.25) is 0 Å². The summed E-state index contributed by atoms with van der Waals surface area (Å²) in [6.07, 6.45) is 2.32. The minimum atomic E-state index is -0.253. The zero-order valence-electron chi connectivity index (χ0n) is 11.1. The van der Waals surface area contributed by atoms with Gasteiger partial charge in [-0.05, 0) is 41.0 Å². The van der Waals surface area contributed by atoms with Gasteiger partial charge in [0.25, 0.3) is 0 Å². The Balaban J connectivity index is 1.93. The van der Waals surface area contributed by atoms with Crippen LogP contribution in [0.1, 0.15) is 30.9 Å². The van der Waals surface area contributed by atoms with Gasteiger partial charge >= 0.3 is 0 Å². The maximum atomic E-state index is 12.4. The molecule has 0 fully saturated rings. The number of carbonyl (C=O) groups excluding carboxylic acids is 1. The highest BCUT2D eigenvalue weighted by molar-refractivity contribution is 9.10. The number of Topliss-reactive ketones (excluding diaryl/α,β-unsaturated/α-hetero) is 1. The van der Waals surface area contributed by atoms with E-state index in [9.17, 15) is 4.79 Å². The first-order valence-corrected chi connectivity index (χ1v) is 7.60. The highest BCUT2D eigenvalue weighted by Gasteiger charge is 2.36. The fraction of sp³-hybridized carbons (Fsp3) is 0.286. The number of aromatic nitrogens is 4. The summed E-state index contributed by atoms with van der Waals surface area (Å²) < 4.78 is 2.66. The normalized spacial score (nSPS) is 20.8. The van der Waals surface area contributed by atoms with E-state index < -0.39 is 0 Å². The van der Waals surface area contributed by atoms with Crippen molar-refractivity contribution in [3.63, 3.8) is 0 Å². The maximum absolute atomic E-state index is 12.4. The lowest BCUT2D eigenvalue weighted by Gasteiger charge is -2.31. The van der Waals surface area contributed by atoms with Crippen LogP contribution in [0.4, 0.5) is 5.95 Å². The third-order valence-electron chi connectivity index (χ3n) is 3.89. The van der Waals surface area contributed by atoms with Crippen LogP contribution in [-0.4, -0.2) is 26.0 Å². The van der Waals surface area contributed by atoms with Gasteiger partial charge < -0.3 is 5.32 Å². The average Bonchev–Trinajstić information content (AvgIpc) is 2.93. The lowest BCUT2D eigenvalue weighted by Crippen LogP contribution is -2.31. The van der Waals surface area contributed by atoms with E-state index in [1.807, 2.05) is 24.3 Å². The molecule has 1 aliphatic carbocycles. The quantitative estimate of drug-likeness (QED) is 0.859. The van der Waals surface area contributed by atoms with E-state index in [0.717, 1.165) is 34.1 Å². The van der Waals surface area contributed by atoms with E-state index in [1.165, 1.54) is 0 Å². The van der Waals surface area contributed by atoms with E-state index in [0.29, 0.717) is 12.4 Å². The average molecular weight is 346 g/mol. The number of nitrogens with zero attached hydrogens (tertiary/aromatic N) is 4. The van der Waals surface area contributed by atoms with Gasteiger partial charge in [0.1, 0.15) is 6.04 Å². The second-order valence-electron chi connectivity index (χ2n) is 5.20. The SMILES string of the molecule is O=C1CCCC2=C1C(c1cccc(Br)c1)n1nnnc1N2. The molecule has 1 aliphatic heterocycles. The molecule has 6 nitrogen and oxygen atoms in total. The first-order chi connectivity index (χ1) is 10.2. The Morgan fingerprint density at radius 1 is 1.33 bits per heavy atom. The van der Waals surface area contributed by atoms with Crippen molar-refractivity contribution in [3.05, 3.63) is 45.6 Å². The lowest BCUT2D eigenvalue weighted by molar-refractivity contribution is -0.116. The summed E-state index contributed by atoms with van der Waals surface area (Å²) in [6.45, 7) is 0. The van der Waals surface area contributed by atoms with Crippen molar-refractivity contribution in [1.29, 1.82) is 0 Å². The van der Waals surface area contributed by atoms with Crippen LogP contribution in [-0.2, 0) is 4.79 Å². The van der Waals surface area contributed by atoms with Gasteiger partial charge in [0.05, 0.1) is 0 Å². The van der Waals surface area contributed by atoms with Gasteiger partial charge in [0.15, 0.2) is 5.78 Å². The fourth-order valence-electron chi connectivity index (χ4n) is 3.00. The molecule has 2 aromatic rings. The van der Waals surface area contributed by atoms with Crippen LogP contribution in [0.3, 0.4) is 0 Å². The fourth-order valence-corrected chi connectivity index (χ4v) is 3.42. The lowest BCUT2D eigenvalue weighted by atomic mass is 9.85. The van der Waals surface area contributed by atoms with Gasteiger partial charge in [0.2, 0.25) is 5.95 Å². The van der Waals surface area contributed by atoms with Crippen molar-refractivity contribution in [2.24, 2.45) is 0 Å². The molecule has 0 radical (unpaired) electrons. The molecule has 0 spiro atoms. The van der Waals surface area contributed by atoms with Crippen LogP contribution in [0.25, 0.3) is 0 Å². The molecule has 21 heavy (non-hydrogen) atoms. The summed E-state index contributed by atoms with van der Waals surface area (Å²) in [7, 11) is 0. The zero-order chi connectivity index (χ0) is 14.4. The van der Waals surface area contributed by atoms with Gasteiger partial charge in [-0.25, -0.2) is 0 Å². The van der Waals surface area contributed by atoms with Crippen LogP contribution in [0, 0.1) is 0 Å². The number of hydrogen-bond donors (Lipinski definition) is 1. The molecule has 1 atom stereocenters. The number of ketones is 1. The number of rotatable bonds is 1.